The minimum Gasteiger partial charge on any atom is -0.310 e. The van der Waals surface area contributed by atoms with Crippen LogP contribution in [0, 0.1) is 20.8 Å². The lowest BCUT2D eigenvalue weighted by molar-refractivity contribution is 0.723. The van der Waals surface area contributed by atoms with Crippen LogP contribution in [0.3, 0.4) is 0 Å². The van der Waals surface area contributed by atoms with Gasteiger partial charge in [0.1, 0.15) is 0 Å². The quantitative estimate of drug-likeness (QED) is 0.119. The smallest absolute Gasteiger partial charge is 0.0543 e. The molecule has 3 aliphatic rings. The molecule has 0 aliphatic heterocycles. The molecule has 0 amide bonds. The van der Waals surface area contributed by atoms with Crippen LogP contribution in [0.25, 0.3) is 44.3 Å². The van der Waals surface area contributed by atoms with Gasteiger partial charge in [0.05, 0.1) is 5.69 Å². The van der Waals surface area contributed by atoms with E-state index >= 15 is 0 Å². The van der Waals surface area contributed by atoms with Crippen molar-refractivity contribution >= 4 is 67.3 Å². The number of nitrogens with zero attached hydrogens (tertiary/aromatic N) is 2. The van der Waals surface area contributed by atoms with E-state index in [-0.39, 0.29) is 0 Å². The molecule has 68 heavy (non-hydrogen) atoms. The summed E-state index contributed by atoms with van der Waals surface area (Å²) < 4.78 is 0. The predicted molar refractivity (Wildman–Crippen MR) is 294 cm³/mol. The monoisotopic (exact) mass is 885 g/mol. The largest absolute Gasteiger partial charge is 0.310 e. The number of hydrogen-bond acceptors (Lipinski definition) is 2. The van der Waals surface area contributed by atoms with Crippen LogP contribution >= 0.6 is 0 Å². The number of para-hydroxylation sites is 1. The van der Waals surface area contributed by atoms with Gasteiger partial charge in [-0.15, -0.1) is 0 Å². The van der Waals surface area contributed by atoms with Crippen LogP contribution in [0.15, 0.2) is 176 Å². The van der Waals surface area contributed by atoms with Crippen molar-refractivity contribution in [3.05, 3.63) is 215 Å². The van der Waals surface area contributed by atoms with Crippen LogP contribution in [0.1, 0.15) is 122 Å². The first-order valence-electron chi connectivity index (χ1n) is 25.5. The third kappa shape index (κ3) is 8.08. The maximum absolute atomic E-state index is 2.61. The Hall–Kier alpha value is -6.90. The number of allylic oxidation sites excluding steroid dienone is 5. The van der Waals surface area contributed by atoms with Crippen molar-refractivity contribution in [2.24, 2.45) is 0 Å². The van der Waals surface area contributed by atoms with Crippen molar-refractivity contribution in [1.29, 1.82) is 0 Å². The first-order chi connectivity index (χ1) is 33.5. The standard InChI is InChI=1S/C66H64N2/c1-5-22-58-61(51-30-17-18-31-51)44-65(68(52-32-13-8-14-33-52)64-38-21-36-56(47(64)4)49-26-11-7-12-27-49)59-40-39-57-60(50-28-15-16-29-50)42-54(43-62(57)66(58)59)67(53-34-19-23-45(2)41-53)63-37-20-35-55(46(63)3)48-24-9-6-10-25-48/h5-6,8-11,13-14,19-27,32-44,50-51H,7,12,15-18,28-31H2,1-4H3/b22-5-. The average molecular weight is 885 g/mol. The molecular formula is C66H64N2. The Balaban J connectivity index is 1.25. The summed E-state index contributed by atoms with van der Waals surface area (Å²) in [4.78, 5) is 5.17. The second-order valence-electron chi connectivity index (χ2n) is 19.7. The van der Waals surface area contributed by atoms with Gasteiger partial charge >= 0.3 is 0 Å². The highest BCUT2D eigenvalue weighted by Crippen LogP contribution is 2.52. The Morgan fingerprint density at radius 3 is 1.81 bits per heavy atom. The third-order valence-corrected chi connectivity index (χ3v) is 15.5. The molecule has 11 rings (SSSR count). The van der Waals surface area contributed by atoms with E-state index in [2.05, 4.69) is 220 Å². The van der Waals surface area contributed by atoms with Crippen molar-refractivity contribution in [1.82, 2.24) is 0 Å². The lowest BCUT2D eigenvalue weighted by Crippen LogP contribution is -2.14. The fourth-order valence-corrected chi connectivity index (χ4v) is 12.2. The Bertz CT molecular complexity index is 3230. The molecule has 2 nitrogen and oxygen atoms in total. The lowest BCUT2D eigenvalue weighted by Gasteiger charge is -2.32. The summed E-state index contributed by atoms with van der Waals surface area (Å²) in [6.45, 7) is 9.08. The molecule has 0 heterocycles. The Kier molecular flexibility index (Phi) is 12.2. The van der Waals surface area contributed by atoms with Gasteiger partial charge in [0.2, 0.25) is 0 Å². The molecule has 0 spiro atoms. The minimum absolute atomic E-state index is 0.492. The predicted octanol–water partition coefficient (Wildman–Crippen LogP) is 19.6. The fraction of sp³-hybridized carbons (Fsp3) is 0.242. The summed E-state index contributed by atoms with van der Waals surface area (Å²) in [7, 11) is 0. The number of anilines is 6. The summed E-state index contributed by atoms with van der Waals surface area (Å²) in [5.74, 6) is 0.995. The van der Waals surface area contributed by atoms with E-state index < -0.39 is 0 Å². The summed E-state index contributed by atoms with van der Waals surface area (Å²) >= 11 is 0. The normalized spacial score (nSPS) is 15.5. The maximum Gasteiger partial charge on any atom is 0.0543 e. The molecule has 8 aromatic carbocycles. The molecule has 3 aliphatic carbocycles. The summed E-state index contributed by atoms with van der Waals surface area (Å²) in [5.41, 5.74) is 20.6. The van der Waals surface area contributed by atoms with Crippen LogP contribution in [0.2, 0.25) is 0 Å². The van der Waals surface area contributed by atoms with E-state index in [4.69, 9.17) is 0 Å². The van der Waals surface area contributed by atoms with Crippen LogP contribution in [-0.2, 0) is 0 Å². The molecule has 8 aromatic rings. The number of aryl methyl sites for hydroxylation is 1. The van der Waals surface area contributed by atoms with Crippen molar-refractivity contribution in [2.45, 2.75) is 104 Å². The van der Waals surface area contributed by atoms with Crippen molar-refractivity contribution in [3.63, 3.8) is 0 Å². The van der Waals surface area contributed by atoms with Gasteiger partial charge in [-0.1, -0.05) is 153 Å². The number of rotatable bonds is 11. The molecule has 0 N–H and O–H groups in total. The van der Waals surface area contributed by atoms with E-state index in [1.54, 1.807) is 0 Å². The van der Waals surface area contributed by atoms with E-state index in [9.17, 15) is 0 Å². The first-order valence-corrected chi connectivity index (χ1v) is 25.5. The second kappa shape index (κ2) is 19.0. The van der Waals surface area contributed by atoms with Gasteiger partial charge in [-0.3, -0.25) is 0 Å². The van der Waals surface area contributed by atoms with E-state index in [0.29, 0.717) is 11.8 Å². The lowest BCUT2D eigenvalue weighted by atomic mass is 9.83. The highest BCUT2D eigenvalue weighted by molar-refractivity contribution is 6.18. The summed E-state index contributed by atoms with van der Waals surface area (Å²) in [6.07, 6.45) is 24.0. The van der Waals surface area contributed by atoms with Gasteiger partial charge in [0, 0.05) is 33.8 Å². The second-order valence-corrected chi connectivity index (χ2v) is 19.7. The first kappa shape index (κ1) is 43.7. The SMILES string of the molecule is C/C=C\c1c(C2CCCC2)cc(N(c2ccccc2)c2cccc(C3=CCCC=C3)c2C)c2ccc3c(C4CCCC4)cc(N(c4cccc(C)c4)c4cccc(-c5ccccc5)c4C)cc3c12. The molecule has 0 unspecified atom stereocenters. The molecule has 338 valence electrons. The molecule has 0 bridgehead atoms. The zero-order valence-corrected chi connectivity index (χ0v) is 40.4. The highest BCUT2D eigenvalue weighted by atomic mass is 15.2. The number of hydrogen-bond donors (Lipinski definition) is 0. The molecule has 2 fully saturated rings. The van der Waals surface area contributed by atoms with Crippen molar-refractivity contribution in [3.8, 4) is 11.1 Å². The van der Waals surface area contributed by atoms with Crippen LogP contribution < -0.4 is 9.80 Å². The van der Waals surface area contributed by atoms with Gasteiger partial charge in [-0.05, 0) is 204 Å². The highest BCUT2D eigenvalue weighted by Gasteiger charge is 2.29. The van der Waals surface area contributed by atoms with Crippen LogP contribution in [0.4, 0.5) is 34.1 Å². The maximum atomic E-state index is 2.61. The van der Waals surface area contributed by atoms with Crippen molar-refractivity contribution < 1.29 is 0 Å². The number of fused-ring (bicyclic) bond motifs is 3. The summed E-state index contributed by atoms with van der Waals surface area (Å²) in [5, 5.41) is 5.40. The molecule has 0 atom stereocenters. The van der Waals surface area contributed by atoms with Crippen LogP contribution in [-0.4, -0.2) is 0 Å². The van der Waals surface area contributed by atoms with Gasteiger partial charge in [-0.2, -0.15) is 0 Å². The fourth-order valence-electron chi connectivity index (χ4n) is 12.2. The Morgan fingerprint density at radius 2 is 1.12 bits per heavy atom. The molecule has 0 saturated heterocycles. The zero-order valence-electron chi connectivity index (χ0n) is 40.4. The van der Waals surface area contributed by atoms with E-state index in [1.165, 1.54) is 163 Å². The van der Waals surface area contributed by atoms with Gasteiger partial charge in [-0.25, -0.2) is 0 Å². The third-order valence-electron chi connectivity index (χ3n) is 15.5. The molecule has 0 aromatic heterocycles. The van der Waals surface area contributed by atoms with E-state index in [0.717, 1.165) is 12.8 Å². The molecule has 0 radical (unpaired) electrons. The topological polar surface area (TPSA) is 6.48 Å². The van der Waals surface area contributed by atoms with Crippen molar-refractivity contribution in [2.75, 3.05) is 9.80 Å². The molecule has 2 saturated carbocycles. The summed E-state index contributed by atoms with van der Waals surface area (Å²) in [6, 6.07) is 57.7. The van der Waals surface area contributed by atoms with Crippen LogP contribution in [0.5, 0.6) is 0 Å². The van der Waals surface area contributed by atoms with E-state index in [1.807, 2.05) is 0 Å². The molecular weight excluding hydrogens is 821 g/mol. The van der Waals surface area contributed by atoms with Gasteiger partial charge < -0.3 is 9.80 Å². The average Bonchev–Trinajstić information content (AvgIpc) is 4.13. The Morgan fingerprint density at radius 1 is 0.485 bits per heavy atom. The zero-order chi connectivity index (χ0) is 46.1. The number of benzene rings is 8. The van der Waals surface area contributed by atoms with Gasteiger partial charge in [0.15, 0.2) is 0 Å². The Labute approximate surface area is 405 Å². The molecule has 2 heteroatoms. The van der Waals surface area contributed by atoms with Gasteiger partial charge in [0.25, 0.3) is 0 Å². The minimum atomic E-state index is 0.492.